The maximum atomic E-state index is 13.1. The smallest absolute Gasteiger partial charge is 0.245 e. The van der Waals surface area contributed by atoms with Crippen molar-refractivity contribution in [1.29, 1.82) is 0 Å². The van der Waals surface area contributed by atoms with Crippen LogP contribution in [0, 0.1) is 6.92 Å². The fourth-order valence-corrected chi connectivity index (χ4v) is 5.23. The van der Waals surface area contributed by atoms with Gasteiger partial charge in [0.05, 0.1) is 0 Å². The highest BCUT2D eigenvalue weighted by molar-refractivity contribution is 7.89. The summed E-state index contributed by atoms with van der Waals surface area (Å²) >= 11 is 0. The maximum Gasteiger partial charge on any atom is 0.245 e. The number of carbonyl (C=O) groups excluding carboxylic acids is 1. The second-order valence-electron chi connectivity index (χ2n) is 6.04. The summed E-state index contributed by atoms with van der Waals surface area (Å²) in [5.74, 6) is -0.129. The molecule has 7 heteroatoms. The van der Waals surface area contributed by atoms with Crippen LogP contribution in [0.4, 0.5) is 0 Å². The van der Waals surface area contributed by atoms with Crippen LogP contribution in [0.3, 0.4) is 0 Å². The van der Waals surface area contributed by atoms with Crippen LogP contribution in [0.5, 0.6) is 0 Å². The molecule has 2 heterocycles. The van der Waals surface area contributed by atoms with E-state index in [1.54, 1.807) is 0 Å². The van der Waals surface area contributed by atoms with Gasteiger partial charge in [0, 0.05) is 49.7 Å². The Morgan fingerprint density at radius 2 is 2.00 bits per heavy atom. The standard InChI is InChI=1S/C16H21N3O3S/c1-11-16(14-6-4-5-7-15(14)18(11)3)23(21,22)19-9-8-13(10-19)17-12(2)20/h4-7,13H,8-10H2,1-3H3,(H,17,20). The monoisotopic (exact) mass is 335 g/mol. The molecule has 1 aliphatic heterocycles. The summed E-state index contributed by atoms with van der Waals surface area (Å²) in [6, 6.07) is 7.41. The summed E-state index contributed by atoms with van der Waals surface area (Å²) in [7, 11) is -1.71. The van der Waals surface area contributed by atoms with Gasteiger partial charge in [-0.25, -0.2) is 8.42 Å². The summed E-state index contributed by atoms with van der Waals surface area (Å²) in [5.41, 5.74) is 1.63. The lowest BCUT2D eigenvalue weighted by molar-refractivity contribution is -0.119. The van der Waals surface area contributed by atoms with Crippen LogP contribution in [0.15, 0.2) is 29.2 Å². The van der Waals surface area contributed by atoms with Crippen molar-refractivity contribution in [1.82, 2.24) is 14.2 Å². The van der Waals surface area contributed by atoms with E-state index >= 15 is 0 Å². The molecule has 0 aliphatic carbocycles. The number of fused-ring (bicyclic) bond motifs is 1. The van der Waals surface area contributed by atoms with Crippen molar-refractivity contribution in [3.63, 3.8) is 0 Å². The van der Waals surface area contributed by atoms with Crippen LogP contribution < -0.4 is 5.32 Å². The number of carbonyl (C=O) groups is 1. The molecular weight excluding hydrogens is 314 g/mol. The first-order valence-electron chi connectivity index (χ1n) is 7.63. The van der Waals surface area contributed by atoms with E-state index in [4.69, 9.17) is 0 Å². The van der Waals surface area contributed by atoms with Crippen molar-refractivity contribution in [2.24, 2.45) is 7.05 Å². The van der Waals surface area contributed by atoms with Crippen LogP contribution >= 0.6 is 0 Å². The molecule has 0 bridgehead atoms. The van der Waals surface area contributed by atoms with Gasteiger partial charge in [-0.1, -0.05) is 18.2 Å². The van der Waals surface area contributed by atoms with Gasteiger partial charge in [0.1, 0.15) is 4.90 Å². The summed E-state index contributed by atoms with van der Waals surface area (Å²) in [6.45, 7) is 4.03. The van der Waals surface area contributed by atoms with Crippen molar-refractivity contribution >= 4 is 26.8 Å². The van der Waals surface area contributed by atoms with Crippen LogP contribution in [-0.4, -0.2) is 42.3 Å². The van der Waals surface area contributed by atoms with Crippen LogP contribution in [0.25, 0.3) is 10.9 Å². The molecule has 23 heavy (non-hydrogen) atoms. The lowest BCUT2D eigenvalue weighted by Crippen LogP contribution is -2.37. The van der Waals surface area contributed by atoms with Crippen molar-refractivity contribution in [3.8, 4) is 0 Å². The van der Waals surface area contributed by atoms with Gasteiger partial charge in [-0.3, -0.25) is 4.79 Å². The Kier molecular flexibility index (Phi) is 3.93. The Morgan fingerprint density at radius 1 is 1.30 bits per heavy atom. The largest absolute Gasteiger partial charge is 0.352 e. The number of benzene rings is 1. The van der Waals surface area contributed by atoms with Crippen molar-refractivity contribution in [2.75, 3.05) is 13.1 Å². The van der Waals surface area contributed by atoms with E-state index in [0.29, 0.717) is 24.4 Å². The number of nitrogens with zero attached hydrogens (tertiary/aromatic N) is 2. The molecule has 1 saturated heterocycles. The molecule has 2 aromatic rings. The quantitative estimate of drug-likeness (QED) is 0.921. The first-order chi connectivity index (χ1) is 10.8. The number of rotatable bonds is 3. The molecule has 1 N–H and O–H groups in total. The zero-order valence-electron chi connectivity index (χ0n) is 13.5. The van der Waals surface area contributed by atoms with E-state index < -0.39 is 10.0 Å². The zero-order chi connectivity index (χ0) is 16.8. The predicted molar refractivity (Wildman–Crippen MR) is 88.6 cm³/mol. The minimum atomic E-state index is -3.58. The molecule has 0 saturated carbocycles. The minimum Gasteiger partial charge on any atom is -0.352 e. The number of nitrogens with one attached hydrogen (secondary N) is 1. The molecular formula is C16H21N3O3S. The molecule has 1 aromatic carbocycles. The Bertz CT molecular complexity index is 870. The summed E-state index contributed by atoms with van der Waals surface area (Å²) in [4.78, 5) is 11.6. The van der Waals surface area contributed by atoms with Gasteiger partial charge in [0.15, 0.2) is 0 Å². The van der Waals surface area contributed by atoms with Gasteiger partial charge in [0.2, 0.25) is 15.9 Å². The average Bonchev–Trinajstić information content (AvgIpc) is 3.04. The molecule has 1 atom stereocenters. The summed E-state index contributed by atoms with van der Waals surface area (Å²) < 4.78 is 29.6. The molecule has 1 amide bonds. The van der Waals surface area contributed by atoms with Crippen LogP contribution in [-0.2, 0) is 21.9 Å². The topological polar surface area (TPSA) is 71.4 Å². The Balaban J connectivity index is 2.02. The second-order valence-corrected chi connectivity index (χ2v) is 7.91. The fraction of sp³-hybridized carbons (Fsp3) is 0.438. The number of amides is 1. The van der Waals surface area contributed by atoms with Gasteiger partial charge >= 0.3 is 0 Å². The van der Waals surface area contributed by atoms with E-state index in [9.17, 15) is 13.2 Å². The summed E-state index contributed by atoms with van der Waals surface area (Å²) in [5, 5.41) is 3.55. The number of sulfonamides is 1. The zero-order valence-corrected chi connectivity index (χ0v) is 14.4. The molecule has 1 fully saturated rings. The minimum absolute atomic E-state index is 0.113. The maximum absolute atomic E-state index is 13.1. The number of hydrogen-bond donors (Lipinski definition) is 1. The normalized spacial score (nSPS) is 19.3. The van der Waals surface area contributed by atoms with E-state index in [1.807, 2.05) is 42.8 Å². The number of aryl methyl sites for hydroxylation is 1. The van der Waals surface area contributed by atoms with Crippen LogP contribution in [0.2, 0.25) is 0 Å². The second kappa shape index (κ2) is 5.65. The van der Waals surface area contributed by atoms with E-state index in [1.165, 1.54) is 11.2 Å². The van der Waals surface area contributed by atoms with Gasteiger partial charge in [0.25, 0.3) is 0 Å². The highest BCUT2D eigenvalue weighted by Gasteiger charge is 2.35. The van der Waals surface area contributed by atoms with Crippen molar-refractivity contribution < 1.29 is 13.2 Å². The first kappa shape index (κ1) is 16.0. The third kappa shape index (κ3) is 2.64. The highest BCUT2D eigenvalue weighted by atomic mass is 32.2. The predicted octanol–water partition coefficient (Wildman–Crippen LogP) is 1.39. The number of aromatic nitrogens is 1. The SMILES string of the molecule is CC(=O)NC1CCN(S(=O)(=O)c2c(C)n(C)c3ccccc23)C1. The van der Waals surface area contributed by atoms with Gasteiger partial charge in [-0.05, 0) is 19.4 Å². The molecule has 1 aromatic heterocycles. The van der Waals surface area contributed by atoms with Crippen molar-refractivity contribution in [3.05, 3.63) is 30.0 Å². The van der Waals surface area contributed by atoms with E-state index in [2.05, 4.69) is 5.32 Å². The van der Waals surface area contributed by atoms with Crippen molar-refractivity contribution in [2.45, 2.75) is 31.2 Å². The molecule has 0 spiro atoms. The van der Waals surface area contributed by atoms with Gasteiger partial charge < -0.3 is 9.88 Å². The summed E-state index contributed by atoms with van der Waals surface area (Å²) in [6.07, 6.45) is 0.641. The first-order valence-corrected chi connectivity index (χ1v) is 9.07. The molecule has 1 unspecified atom stereocenters. The Morgan fingerprint density at radius 3 is 2.70 bits per heavy atom. The van der Waals surface area contributed by atoms with E-state index in [0.717, 1.165) is 16.6 Å². The molecule has 6 nitrogen and oxygen atoms in total. The van der Waals surface area contributed by atoms with Crippen LogP contribution in [0.1, 0.15) is 19.0 Å². The molecule has 3 rings (SSSR count). The lowest BCUT2D eigenvalue weighted by Gasteiger charge is -2.17. The van der Waals surface area contributed by atoms with Gasteiger partial charge in [-0.2, -0.15) is 4.31 Å². The Labute approximate surface area is 136 Å². The van der Waals surface area contributed by atoms with Gasteiger partial charge in [-0.15, -0.1) is 0 Å². The number of hydrogen-bond acceptors (Lipinski definition) is 3. The lowest BCUT2D eigenvalue weighted by atomic mass is 10.2. The van der Waals surface area contributed by atoms with E-state index in [-0.39, 0.29) is 11.9 Å². The molecule has 0 radical (unpaired) electrons. The Hall–Kier alpha value is -1.86. The third-order valence-electron chi connectivity index (χ3n) is 4.50. The average molecular weight is 335 g/mol. The number of para-hydroxylation sites is 1. The third-order valence-corrected chi connectivity index (χ3v) is 6.54. The fourth-order valence-electron chi connectivity index (χ4n) is 3.29. The molecule has 124 valence electrons. The molecule has 1 aliphatic rings. The highest BCUT2D eigenvalue weighted by Crippen LogP contribution is 2.32.